The van der Waals surface area contributed by atoms with Crippen molar-refractivity contribution in [3.05, 3.63) is 35.4 Å². The number of rotatable bonds is 3. The Morgan fingerprint density at radius 1 is 0.700 bits per heavy atom. The van der Waals surface area contributed by atoms with Gasteiger partial charge in [0.25, 0.3) is 0 Å². The Balaban J connectivity index is 2.73. The van der Waals surface area contributed by atoms with Gasteiger partial charge >= 0.3 is 0 Å². The second kappa shape index (κ2) is 5.33. The van der Waals surface area contributed by atoms with Gasteiger partial charge in [-0.2, -0.15) is 0 Å². The second-order valence-corrected chi connectivity index (χ2v) is 4.82. The normalized spacial score (nSPS) is 10.4. The molecule has 0 radical (unpaired) electrons. The summed E-state index contributed by atoms with van der Waals surface area (Å²) in [5.74, 6) is 1.44. The lowest BCUT2D eigenvalue weighted by Crippen LogP contribution is -1.98. The van der Waals surface area contributed by atoms with Gasteiger partial charge in [-0.25, -0.2) is 0 Å². The van der Waals surface area contributed by atoms with Crippen molar-refractivity contribution in [1.29, 1.82) is 0 Å². The molecule has 0 bridgehead atoms. The number of ether oxygens (including phenoxy) is 2. The Hall–Kier alpha value is -2.36. The Bertz CT molecular complexity index is 594. The second-order valence-electron chi connectivity index (χ2n) is 4.82. The van der Waals surface area contributed by atoms with Crippen molar-refractivity contribution in [3.8, 4) is 22.6 Å². The maximum Gasteiger partial charge on any atom is 0.128 e. The van der Waals surface area contributed by atoms with E-state index in [4.69, 9.17) is 20.9 Å². The molecular formula is C16H20N2O2. The van der Waals surface area contributed by atoms with Crippen molar-refractivity contribution in [2.75, 3.05) is 25.7 Å². The summed E-state index contributed by atoms with van der Waals surface area (Å²) in [6.45, 7) is 3.93. The maximum absolute atomic E-state index is 5.94. The Morgan fingerprint density at radius 3 is 1.35 bits per heavy atom. The fraction of sp³-hybridized carbons (Fsp3) is 0.250. The molecule has 0 saturated heterocycles. The van der Waals surface area contributed by atoms with Gasteiger partial charge < -0.3 is 20.9 Å². The molecule has 106 valence electrons. The van der Waals surface area contributed by atoms with E-state index in [1.807, 2.05) is 38.1 Å². The number of nitrogens with two attached hydrogens (primary N) is 2. The van der Waals surface area contributed by atoms with E-state index in [0.717, 1.165) is 33.8 Å². The van der Waals surface area contributed by atoms with Crippen LogP contribution in [0.4, 0.5) is 11.4 Å². The molecule has 4 heteroatoms. The summed E-state index contributed by atoms with van der Waals surface area (Å²) in [6.07, 6.45) is 0. The third-order valence-corrected chi connectivity index (χ3v) is 3.47. The van der Waals surface area contributed by atoms with Crippen molar-refractivity contribution in [1.82, 2.24) is 0 Å². The lowest BCUT2D eigenvalue weighted by molar-refractivity contribution is 0.410. The average molecular weight is 272 g/mol. The minimum absolute atomic E-state index is 0.705. The SMILES string of the molecule is COc1cc(N)c(C)cc1-c1cc(C)c(N)cc1OC. The van der Waals surface area contributed by atoms with Crippen LogP contribution >= 0.6 is 0 Å². The summed E-state index contributed by atoms with van der Waals surface area (Å²) in [6, 6.07) is 7.66. The van der Waals surface area contributed by atoms with E-state index in [-0.39, 0.29) is 0 Å². The van der Waals surface area contributed by atoms with Gasteiger partial charge in [-0.1, -0.05) is 0 Å². The fourth-order valence-corrected chi connectivity index (χ4v) is 2.17. The van der Waals surface area contributed by atoms with Gasteiger partial charge in [0.2, 0.25) is 0 Å². The van der Waals surface area contributed by atoms with E-state index in [9.17, 15) is 0 Å². The van der Waals surface area contributed by atoms with Crippen LogP contribution in [0.3, 0.4) is 0 Å². The van der Waals surface area contributed by atoms with Crippen LogP contribution in [0, 0.1) is 13.8 Å². The molecule has 0 spiro atoms. The van der Waals surface area contributed by atoms with Crippen molar-refractivity contribution in [3.63, 3.8) is 0 Å². The highest BCUT2D eigenvalue weighted by Crippen LogP contribution is 2.40. The van der Waals surface area contributed by atoms with E-state index in [0.29, 0.717) is 11.4 Å². The summed E-state index contributed by atoms with van der Waals surface area (Å²) in [5.41, 5.74) is 17.2. The molecule has 0 aliphatic heterocycles. The highest BCUT2D eigenvalue weighted by Gasteiger charge is 2.14. The highest BCUT2D eigenvalue weighted by molar-refractivity contribution is 5.81. The summed E-state index contributed by atoms with van der Waals surface area (Å²) < 4.78 is 10.9. The third kappa shape index (κ3) is 2.37. The van der Waals surface area contributed by atoms with Crippen molar-refractivity contribution < 1.29 is 9.47 Å². The average Bonchev–Trinajstić information content (AvgIpc) is 2.43. The largest absolute Gasteiger partial charge is 0.496 e. The van der Waals surface area contributed by atoms with Gasteiger partial charge in [0.1, 0.15) is 11.5 Å². The summed E-state index contributed by atoms with van der Waals surface area (Å²) in [4.78, 5) is 0. The van der Waals surface area contributed by atoms with Crippen LogP contribution < -0.4 is 20.9 Å². The zero-order chi connectivity index (χ0) is 14.9. The standard InChI is InChI=1S/C16H20N2O2/c1-9-5-11(15(19-3)7-13(9)17)12-6-10(2)14(18)8-16(12)20-4/h5-8H,17-18H2,1-4H3. The molecule has 2 aromatic rings. The molecule has 2 aromatic carbocycles. The molecule has 4 N–H and O–H groups in total. The monoisotopic (exact) mass is 272 g/mol. The number of hydrogen-bond donors (Lipinski definition) is 2. The molecule has 0 saturated carbocycles. The minimum atomic E-state index is 0.705. The first-order valence-electron chi connectivity index (χ1n) is 6.36. The molecule has 0 unspecified atom stereocenters. The summed E-state index contributed by atoms with van der Waals surface area (Å²) in [7, 11) is 3.26. The molecule has 20 heavy (non-hydrogen) atoms. The van der Waals surface area contributed by atoms with Crippen molar-refractivity contribution in [2.24, 2.45) is 0 Å². The van der Waals surface area contributed by atoms with Crippen molar-refractivity contribution >= 4 is 11.4 Å². The van der Waals surface area contributed by atoms with Gasteiger partial charge in [0.15, 0.2) is 0 Å². The molecule has 2 rings (SSSR count). The third-order valence-electron chi connectivity index (χ3n) is 3.47. The van der Waals surface area contributed by atoms with Gasteiger partial charge in [-0.3, -0.25) is 0 Å². The van der Waals surface area contributed by atoms with E-state index >= 15 is 0 Å². The number of methoxy groups -OCH3 is 2. The molecule has 0 aliphatic carbocycles. The summed E-state index contributed by atoms with van der Waals surface area (Å²) >= 11 is 0. The van der Waals surface area contributed by atoms with E-state index < -0.39 is 0 Å². The number of hydrogen-bond acceptors (Lipinski definition) is 4. The zero-order valence-corrected chi connectivity index (χ0v) is 12.3. The minimum Gasteiger partial charge on any atom is -0.496 e. The number of anilines is 2. The Morgan fingerprint density at radius 2 is 1.05 bits per heavy atom. The summed E-state index contributed by atoms with van der Waals surface area (Å²) in [5, 5.41) is 0. The molecule has 0 atom stereocenters. The Kier molecular flexibility index (Phi) is 3.74. The number of benzene rings is 2. The van der Waals surface area contributed by atoms with Crippen molar-refractivity contribution in [2.45, 2.75) is 13.8 Å². The topological polar surface area (TPSA) is 70.5 Å². The van der Waals surface area contributed by atoms with Gasteiger partial charge in [0, 0.05) is 34.6 Å². The van der Waals surface area contributed by atoms with E-state index in [1.54, 1.807) is 14.2 Å². The molecule has 4 nitrogen and oxygen atoms in total. The van der Waals surface area contributed by atoms with Crippen LogP contribution in [0.2, 0.25) is 0 Å². The first kappa shape index (κ1) is 14.1. The Labute approximate surface area is 119 Å². The van der Waals surface area contributed by atoms with Crippen LogP contribution in [0.15, 0.2) is 24.3 Å². The molecular weight excluding hydrogens is 252 g/mol. The van der Waals surface area contributed by atoms with Crippen LogP contribution in [-0.2, 0) is 0 Å². The fourth-order valence-electron chi connectivity index (χ4n) is 2.17. The zero-order valence-electron chi connectivity index (χ0n) is 12.3. The number of aryl methyl sites for hydroxylation is 2. The lowest BCUT2D eigenvalue weighted by atomic mass is 9.98. The molecule has 0 heterocycles. The quantitative estimate of drug-likeness (QED) is 0.842. The predicted molar refractivity (Wildman–Crippen MR) is 83.3 cm³/mol. The number of nitrogen functional groups attached to an aromatic ring is 2. The van der Waals surface area contributed by atoms with Crippen LogP contribution in [0.1, 0.15) is 11.1 Å². The van der Waals surface area contributed by atoms with Crippen LogP contribution in [0.25, 0.3) is 11.1 Å². The van der Waals surface area contributed by atoms with Crippen LogP contribution in [0.5, 0.6) is 11.5 Å². The molecule has 0 aromatic heterocycles. The molecule has 0 aliphatic rings. The van der Waals surface area contributed by atoms with E-state index in [2.05, 4.69) is 0 Å². The van der Waals surface area contributed by atoms with Gasteiger partial charge in [-0.05, 0) is 37.1 Å². The first-order valence-corrected chi connectivity index (χ1v) is 6.36. The van der Waals surface area contributed by atoms with Gasteiger partial charge in [0.05, 0.1) is 14.2 Å². The maximum atomic E-state index is 5.94. The highest BCUT2D eigenvalue weighted by atomic mass is 16.5. The van der Waals surface area contributed by atoms with Crippen LogP contribution in [-0.4, -0.2) is 14.2 Å². The predicted octanol–water partition coefficient (Wildman–Crippen LogP) is 3.15. The lowest BCUT2D eigenvalue weighted by Gasteiger charge is -2.16. The van der Waals surface area contributed by atoms with Gasteiger partial charge in [-0.15, -0.1) is 0 Å². The smallest absolute Gasteiger partial charge is 0.128 e. The molecule has 0 fully saturated rings. The van der Waals surface area contributed by atoms with E-state index in [1.165, 1.54) is 0 Å². The molecule has 0 amide bonds. The first-order chi connectivity index (χ1) is 9.47.